The van der Waals surface area contributed by atoms with Crippen molar-refractivity contribution in [2.24, 2.45) is 0 Å². The van der Waals surface area contributed by atoms with Crippen LogP contribution in [0.2, 0.25) is 0 Å². The lowest BCUT2D eigenvalue weighted by molar-refractivity contribution is 0.116. The van der Waals surface area contributed by atoms with Gasteiger partial charge in [-0.2, -0.15) is 0 Å². The van der Waals surface area contributed by atoms with E-state index in [9.17, 15) is 5.11 Å². The molecule has 0 amide bonds. The fraction of sp³-hybridized carbons (Fsp3) is 0.538. The molecule has 88 valence electrons. The van der Waals surface area contributed by atoms with E-state index < -0.39 is 0 Å². The third-order valence-electron chi connectivity index (χ3n) is 3.36. The molecular formula is C13H20N2O. The highest BCUT2D eigenvalue weighted by atomic mass is 16.3. The number of aryl methyl sites for hydroxylation is 1. The van der Waals surface area contributed by atoms with Gasteiger partial charge in [0, 0.05) is 11.4 Å². The summed E-state index contributed by atoms with van der Waals surface area (Å²) < 4.78 is 0. The maximum atomic E-state index is 9.86. The lowest BCUT2D eigenvalue weighted by Gasteiger charge is -2.29. The van der Waals surface area contributed by atoms with Crippen LogP contribution in [0.3, 0.4) is 0 Å². The molecule has 0 saturated heterocycles. The van der Waals surface area contributed by atoms with Crippen LogP contribution in [0.5, 0.6) is 0 Å². The number of nitrogens with one attached hydrogen (secondary N) is 1. The van der Waals surface area contributed by atoms with Crippen LogP contribution in [0.1, 0.15) is 31.2 Å². The minimum atomic E-state index is -0.226. The monoisotopic (exact) mass is 220 g/mol. The Balaban J connectivity index is 2.05. The van der Waals surface area contributed by atoms with Crippen molar-refractivity contribution in [3.05, 3.63) is 23.8 Å². The van der Waals surface area contributed by atoms with Crippen LogP contribution < -0.4 is 11.1 Å². The molecule has 0 aliphatic heterocycles. The summed E-state index contributed by atoms with van der Waals surface area (Å²) in [6.07, 6.45) is 4.04. The highest BCUT2D eigenvalue weighted by Gasteiger charge is 2.22. The molecule has 2 unspecified atom stereocenters. The molecule has 16 heavy (non-hydrogen) atoms. The zero-order valence-electron chi connectivity index (χ0n) is 9.74. The van der Waals surface area contributed by atoms with Gasteiger partial charge >= 0.3 is 0 Å². The lowest BCUT2D eigenvalue weighted by atomic mass is 9.92. The largest absolute Gasteiger partial charge is 0.398 e. The van der Waals surface area contributed by atoms with Gasteiger partial charge in [-0.1, -0.05) is 18.9 Å². The van der Waals surface area contributed by atoms with E-state index in [2.05, 4.69) is 5.32 Å². The van der Waals surface area contributed by atoms with Gasteiger partial charge in [-0.05, 0) is 37.5 Å². The number of anilines is 2. The molecule has 4 N–H and O–H groups in total. The second kappa shape index (κ2) is 4.74. The van der Waals surface area contributed by atoms with E-state index in [1.807, 2.05) is 25.1 Å². The number of aliphatic hydroxyl groups excluding tert-OH is 1. The van der Waals surface area contributed by atoms with Crippen molar-refractivity contribution in [1.29, 1.82) is 0 Å². The van der Waals surface area contributed by atoms with Crippen molar-refractivity contribution in [2.75, 3.05) is 11.1 Å². The number of rotatable bonds is 2. The molecule has 1 fully saturated rings. The second-order valence-corrected chi connectivity index (χ2v) is 4.67. The summed E-state index contributed by atoms with van der Waals surface area (Å²) in [4.78, 5) is 0. The maximum absolute atomic E-state index is 9.86. The number of nitrogen functional groups attached to an aromatic ring is 1. The summed E-state index contributed by atoms with van der Waals surface area (Å²) >= 11 is 0. The van der Waals surface area contributed by atoms with E-state index in [-0.39, 0.29) is 12.1 Å². The quantitative estimate of drug-likeness (QED) is 0.670. The average Bonchev–Trinajstić information content (AvgIpc) is 2.27. The molecular weight excluding hydrogens is 200 g/mol. The van der Waals surface area contributed by atoms with Crippen LogP contribution >= 0.6 is 0 Å². The summed E-state index contributed by atoms with van der Waals surface area (Å²) in [5, 5.41) is 13.2. The van der Waals surface area contributed by atoms with Crippen LogP contribution in [0.25, 0.3) is 0 Å². The SMILES string of the molecule is Cc1ccc(NC2CCCCC2O)cc1N. The first kappa shape index (κ1) is 11.3. The van der Waals surface area contributed by atoms with Crippen molar-refractivity contribution in [3.63, 3.8) is 0 Å². The normalized spacial score (nSPS) is 25.4. The Labute approximate surface area is 96.7 Å². The van der Waals surface area contributed by atoms with Crippen LogP contribution in [0.15, 0.2) is 18.2 Å². The first-order valence-corrected chi connectivity index (χ1v) is 5.97. The number of aliphatic hydroxyl groups is 1. The molecule has 3 heteroatoms. The number of benzene rings is 1. The molecule has 1 aromatic carbocycles. The molecule has 3 nitrogen and oxygen atoms in total. The Kier molecular flexibility index (Phi) is 3.34. The summed E-state index contributed by atoms with van der Waals surface area (Å²) in [6, 6.07) is 6.15. The Morgan fingerprint density at radius 1 is 1.31 bits per heavy atom. The van der Waals surface area contributed by atoms with Gasteiger partial charge in [0.25, 0.3) is 0 Å². The molecule has 2 atom stereocenters. The van der Waals surface area contributed by atoms with E-state index >= 15 is 0 Å². The lowest BCUT2D eigenvalue weighted by Crippen LogP contribution is -2.36. The fourth-order valence-electron chi connectivity index (χ4n) is 2.22. The van der Waals surface area contributed by atoms with Gasteiger partial charge in [-0.3, -0.25) is 0 Å². The zero-order valence-corrected chi connectivity index (χ0v) is 9.74. The maximum Gasteiger partial charge on any atom is 0.0741 e. The standard InChI is InChI=1S/C13H20N2O/c1-9-6-7-10(8-11(9)14)15-12-4-2-3-5-13(12)16/h6-8,12-13,15-16H,2-5,14H2,1H3. The minimum absolute atomic E-state index is 0.177. The van der Waals surface area contributed by atoms with Crippen molar-refractivity contribution >= 4 is 11.4 Å². The summed E-state index contributed by atoms with van der Waals surface area (Å²) in [5.41, 5.74) is 8.76. The van der Waals surface area contributed by atoms with Crippen molar-refractivity contribution in [1.82, 2.24) is 0 Å². The van der Waals surface area contributed by atoms with Crippen molar-refractivity contribution in [3.8, 4) is 0 Å². The van der Waals surface area contributed by atoms with E-state index in [0.29, 0.717) is 0 Å². The minimum Gasteiger partial charge on any atom is -0.398 e. The highest BCUT2D eigenvalue weighted by Crippen LogP contribution is 2.24. The summed E-state index contributed by atoms with van der Waals surface area (Å²) in [6.45, 7) is 1.99. The fourth-order valence-corrected chi connectivity index (χ4v) is 2.22. The van der Waals surface area contributed by atoms with Gasteiger partial charge in [-0.15, -0.1) is 0 Å². The predicted molar refractivity (Wildman–Crippen MR) is 67.5 cm³/mol. The third kappa shape index (κ3) is 2.47. The molecule has 0 radical (unpaired) electrons. The van der Waals surface area contributed by atoms with Crippen LogP contribution in [-0.4, -0.2) is 17.3 Å². The molecule has 0 heterocycles. The van der Waals surface area contributed by atoms with Gasteiger partial charge in [0.1, 0.15) is 0 Å². The second-order valence-electron chi connectivity index (χ2n) is 4.67. The average molecular weight is 220 g/mol. The van der Waals surface area contributed by atoms with Gasteiger partial charge in [-0.25, -0.2) is 0 Å². The predicted octanol–water partition coefficient (Wildman–Crippen LogP) is 2.29. The van der Waals surface area contributed by atoms with Crippen LogP contribution in [0.4, 0.5) is 11.4 Å². The van der Waals surface area contributed by atoms with Gasteiger partial charge in [0.05, 0.1) is 12.1 Å². The number of nitrogens with two attached hydrogens (primary N) is 1. The van der Waals surface area contributed by atoms with E-state index in [0.717, 1.165) is 36.2 Å². The summed E-state index contributed by atoms with van der Waals surface area (Å²) in [5.74, 6) is 0. The Morgan fingerprint density at radius 2 is 2.06 bits per heavy atom. The van der Waals surface area contributed by atoms with Crippen LogP contribution in [-0.2, 0) is 0 Å². The highest BCUT2D eigenvalue weighted by molar-refractivity contribution is 5.58. The first-order valence-electron chi connectivity index (χ1n) is 5.97. The van der Waals surface area contributed by atoms with E-state index in [1.54, 1.807) is 0 Å². The molecule has 0 bridgehead atoms. The molecule has 1 saturated carbocycles. The molecule has 0 aromatic heterocycles. The Bertz CT molecular complexity index is 365. The molecule has 1 aliphatic carbocycles. The number of hydrogen-bond acceptors (Lipinski definition) is 3. The smallest absolute Gasteiger partial charge is 0.0741 e. The van der Waals surface area contributed by atoms with Crippen molar-refractivity contribution in [2.45, 2.75) is 44.8 Å². The number of hydrogen-bond donors (Lipinski definition) is 3. The molecule has 1 aliphatic rings. The molecule has 1 aromatic rings. The third-order valence-corrected chi connectivity index (χ3v) is 3.36. The van der Waals surface area contributed by atoms with E-state index in [1.165, 1.54) is 6.42 Å². The van der Waals surface area contributed by atoms with Gasteiger partial charge < -0.3 is 16.2 Å². The Hall–Kier alpha value is -1.22. The first-order chi connectivity index (χ1) is 7.66. The molecule has 2 rings (SSSR count). The zero-order chi connectivity index (χ0) is 11.5. The topological polar surface area (TPSA) is 58.3 Å². The van der Waals surface area contributed by atoms with E-state index in [4.69, 9.17) is 5.73 Å². The summed E-state index contributed by atoms with van der Waals surface area (Å²) in [7, 11) is 0. The van der Waals surface area contributed by atoms with Crippen molar-refractivity contribution < 1.29 is 5.11 Å². The molecule has 0 spiro atoms. The van der Waals surface area contributed by atoms with Gasteiger partial charge in [0.2, 0.25) is 0 Å². The van der Waals surface area contributed by atoms with Gasteiger partial charge in [0.15, 0.2) is 0 Å². The Morgan fingerprint density at radius 3 is 2.75 bits per heavy atom. The van der Waals surface area contributed by atoms with Crippen LogP contribution in [0, 0.1) is 6.92 Å².